The van der Waals surface area contributed by atoms with Crippen molar-refractivity contribution in [3.63, 3.8) is 0 Å². The van der Waals surface area contributed by atoms with Crippen molar-refractivity contribution < 1.29 is 0 Å². The molecule has 2 aromatic heterocycles. The Hall–Kier alpha value is -1.78. The first-order valence-corrected chi connectivity index (χ1v) is 8.47. The Morgan fingerprint density at radius 2 is 1.82 bits per heavy atom. The summed E-state index contributed by atoms with van der Waals surface area (Å²) < 4.78 is 2.09. The second-order valence-electron chi connectivity index (χ2n) is 5.29. The molecule has 0 atom stereocenters. The Morgan fingerprint density at radius 3 is 2.59 bits per heavy atom. The van der Waals surface area contributed by atoms with E-state index in [1.807, 2.05) is 30.3 Å². The van der Waals surface area contributed by atoms with Crippen molar-refractivity contribution in [2.24, 2.45) is 0 Å². The molecule has 0 spiro atoms. The van der Waals surface area contributed by atoms with E-state index in [1.54, 1.807) is 11.8 Å². The molecule has 2 heterocycles. The first-order chi connectivity index (χ1) is 10.8. The van der Waals surface area contributed by atoms with Gasteiger partial charge in [-0.2, -0.15) is 0 Å². The molecular formula is C17H14ClN3S. The van der Waals surface area contributed by atoms with Gasteiger partial charge in [0, 0.05) is 21.0 Å². The maximum absolute atomic E-state index is 5.94. The molecule has 110 valence electrons. The highest BCUT2D eigenvalue weighted by molar-refractivity contribution is 7.99. The van der Waals surface area contributed by atoms with Gasteiger partial charge in [-0.3, -0.25) is 4.40 Å². The first-order valence-electron chi connectivity index (χ1n) is 7.27. The summed E-state index contributed by atoms with van der Waals surface area (Å²) in [5.41, 5.74) is 2.20. The van der Waals surface area contributed by atoms with Crippen molar-refractivity contribution in [2.45, 2.75) is 29.1 Å². The van der Waals surface area contributed by atoms with E-state index in [0.717, 1.165) is 34.2 Å². The fraction of sp³-hybridized carbons (Fsp3) is 0.176. The number of halogens is 1. The lowest BCUT2D eigenvalue weighted by Gasteiger charge is -2.05. The average Bonchev–Trinajstić information content (AvgIpc) is 3.18. The second-order valence-corrected chi connectivity index (χ2v) is 6.88. The highest BCUT2D eigenvalue weighted by atomic mass is 35.5. The van der Waals surface area contributed by atoms with Gasteiger partial charge in [-0.15, -0.1) is 10.2 Å². The molecule has 3 aromatic rings. The van der Waals surface area contributed by atoms with Crippen molar-refractivity contribution in [3.8, 4) is 0 Å². The molecule has 0 fully saturated rings. The fourth-order valence-corrected chi connectivity index (χ4v) is 3.63. The van der Waals surface area contributed by atoms with Crippen molar-refractivity contribution in [2.75, 3.05) is 0 Å². The third-order valence-electron chi connectivity index (χ3n) is 3.75. The number of benzene rings is 1. The summed E-state index contributed by atoms with van der Waals surface area (Å²) in [4.78, 5) is 2.33. The van der Waals surface area contributed by atoms with Crippen molar-refractivity contribution in [1.82, 2.24) is 14.6 Å². The molecule has 3 nitrogen and oxygen atoms in total. The van der Waals surface area contributed by atoms with E-state index >= 15 is 0 Å². The molecule has 4 rings (SSSR count). The Morgan fingerprint density at radius 1 is 1.00 bits per heavy atom. The molecule has 0 amide bonds. The van der Waals surface area contributed by atoms with Crippen LogP contribution in [0, 0.1) is 0 Å². The number of hydrogen-bond acceptors (Lipinski definition) is 3. The zero-order chi connectivity index (χ0) is 14.9. The van der Waals surface area contributed by atoms with Gasteiger partial charge in [0.1, 0.15) is 0 Å². The number of nitrogens with zero attached hydrogens (tertiary/aromatic N) is 3. The van der Waals surface area contributed by atoms with Crippen LogP contribution < -0.4 is 0 Å². The maximum atomic E-state index is 5.94. The largest absolute Gasteiger partial charge is 0.282 e. The van der Waals surface area contributed by atoms with E-state index < -0.39 is 0 Å². The molecule has 1 aromatic carbocycles. The van der Waals surface area contributed by atoms with Crippen molar-refractivity contribution in [1.29, 1.82) is 0 Å². The van der Waals surface area contributed by atoms with Crippen LogP contribution in [0.5, 0.6) is 0 Å². The molecule has 0 bridgehead atoms. The second kappa shape index (κ2) is 5.78. The van der Waals surface area contributed by atoms with Gasteiger partial charge in [-0.05, 0) is 61.2 Å². The van der Waals surface area contributed by atoms with Crippen LogP contribution in [0.25, 0.3) is 11.2 Å². The van der Waals surface area contributed by atoms with E-state index in [4.69, 9.17) is 11.6 Å². The standard InChI is InChI=1S/C17H14ClN3S/c18-13-5-7-14(8-6-13)22-15-9-10-16-19-20-17(21(16)11-15)12-3-1-2-4-12/h3,5-11H,1-2,4H2. The van der Waals surface area contributed by atoms with Gasteiger partial charge >= 0.3 is 0 Å². The van der Waals surface area contributed by atoms with Crippen molar-refractivity contribution >= 4 is 34.6 Å². The Kier molecular flexibility index (Phi) is 3.64. The predicted molar refractivity (Wildman–Crippen MR) is 90.4 cm³/mol. The first kappa shape index (κ1) is 13.9. The monoisotopic (exact) mass is 327 g/mol. The Bertz CT molecular complexity index is 852. The fourth-order valence-electron chi connectivity index (χ4n) is 2.66. The van der Waals surface area contributed by atoms with Crippen LogP contribution >= 0.6 is 23.4 Å². The summed E-state index contributed by atoms with van der Waals surface area (Å²) in [7, 11) is 0. The number of hydrogen-bond donors (Lipinski definition) is 0. The molecule has 5 heteroatoms. The van der Waals surface area contributed by atoms with E-state index in [2.05, 4.69) is 32.9 Å². The topological polar surface area (TPSA) is 30.2 Å². The summed E-state index contributed by atoms with van der Waals surface area (Å²) >= 11 is 7.65. The van der Waals surface area contributed by atoms with Gasteiger partial charge in [0.15, 0.2) is 11.5 Å². The molecule has 0 aliphatic heterocycles. The minimum absolute atomic E-state index is 0.758. The van der Waals surface area contributed by atoms with Crippen LogP contribution in [0.4, 0.5) is 0 Å². The highest BCUT2D eigenvalue weighted by Crippen LogP contribution is 2.31. The number of rotatable bonds is 3. The lowest BCUT2D eigenvalue weighted by atomic mass is 10.2. The SMILES string of the molecule is Clc1ccc(Sc2ccc3nnc(C4=CCCC4)n3c2)cc1. The van der Waals surface area contributed by atoms with Crippen LogP contribution in [0.15, 0.2) is 58.5 Å². The molecular weight excluding hydrogens is 314 g/mol. The van der Waals surface area contributed by atoms with Crippen LogP contribution in [0.2, 0.25) is 5.02 Å². The molecule has 0 unspecified atom stereocenters. The van der Waals surface area contributed by atoms with Gasteiger partial charge in [0.05, 0.1) is 0 Å². The van der Waals surface area contributed by atoms with Gasteiger partial charge in [-0.25, -0.2) is 0 Å². The maximum Gasteiger partial charge on any atom is 0.163 e. The normalized spacial score (nSPS) is 14.5. The summed E-state index contributed by atoms with van der Waals surface area (Å²) in [6, 6.07) is 12.0. The number of allylic oxidation sites excluding steroid dienone is 2. The van der Waals surface area contributed by atoms with E-state index in [-0.39, 0.29) is 0 Å². The summed E-state index contributed by atoms with van der Waals surface area (Å²) in [5.74, 6) is 0.978. The summed E-state index contributed by atoms with van der Waals surface area (Å²) in [6.45, 7) is 0. The van der Waals surface area contributed by atoms with Gasteiger partial charge in [0.25, 0.3) is 0 Å². The highest BCUT2D eigenvalue weighted by Gasteiger charge is 2.14. The van der Waals surface area contributed by atoms with Crippen LogP contribution in [-0.4, -0.2) is 14.6 Å². The van der Waals surface area contributed by atoms with E-state index in [1.165, 1.54) is 16.9 Å². The number of fused-ring (bicyclic) bond motifs is 1. The van der Waals surface area contributed by atoms with Crippen LogP contribution in [-0.2, 0) is 0 Å². The van der Waals surface area contributed by atoms with E-state index in [0.29, 0.717) is 0 Å². The van der Waals surface area contributed by atoms with Gasteiger partial charge in [0.2, 0.25) is 0 Å². The van der Waals surface area contributed by atoms with Crippen LogP contribution in [0.3, 0.4) is 0 Å². The lowest BCUT2D eigenvalue weighted by Crippen LogP contribution is -1.93. The zero-order valence-corrected chi connectivity index (χ0v) is 13.4. The minimum atomic E-state index is 0.758. The van der Waals surface area contributed by atoms with Crippen LogP contribution in [0.1, 0.15) is 25.1 Å². The Labute approximate surface area is 138 Å². The predicted octanol–water partition coefficient (Wildman–Crippen LogP) is 5.10. The van der Waals surface area contributed by atoms with Gasteiger partial charge in [-0.1, -0.05) is 29.4 Å². The van der Waals surface area contributed by atoms with Crippen molar-refractivity contribution in [3.05, 3.63) is 59.5 Å². The summed E-state index contributed by atoms with van der Waals surface area (Å²) in [6.07, 6.45) is 7.83. The molecule has 1 aliphatic rings. The molecule has 22 heavy (non-hydrogen) atoms. The molecule has 0 radical (unpaired) electrons. The quantitative estimate of drug-likeness (QED) is 0.670. The third kappa shape index (κ3) is 2.64. The number of aromatic nitrogens is 3. The van der Waals surface area contributed by atoms with E-state index in [9.17, 15) is 0 Å². The minimum Gasteiger partial charge on any atom is -0.282 e. The molecule has 0 saturated heterocycles. The lowest BCUT2D eigenvalue weighted by molar-refractivity contribution is 0.923. The molecule has 1 aliphatic carbocycles. The molecule has 0 saturated carbocycles. The van der Waals surface area contributed by atoms with Gasteiger partial charge < -0.3 is 0 Å². The third-order valence-corrected chi connectivity index (χ3v) is 4.99. The molecule has 0 N–H and O–H groups in total. The summed E-state index contributed by atoms with van der Waals surface area (Å²) in [5, 5.41) is 9.38. The number of pyridine rings is 1. The zero-order valence-electron chi connectivity index (χ0n) is 11.9. The Balaban J connectivity index is 1.70. The average molecular weight is 328 g/mol. The smallest absolute Gasteiger partial charge is 0.163 e.